The van der Waals surface area contributed by atoms with Gasteiger partial charge in [-0.3, -0.25) is 4.79 Å². The van der Waals surface area contributed by atoms with Gasteiger partial charge in [-0.25, -0.2) is 8.78 Å². The molecule has 1 nitrogen and oxygen atoms in total. The van der Waals surface area contributed by atoms with Crippen molar-refractivity contribution >= 4 is 21.7 Å². The highest BCUT2D eigenvalue weighted by Gasteiger charge is 2.09. The van der Waals surface area contributed by atoms with Crippen molar-refractivity contribution in [1.82, 2.24) is 0 Å². The summed E-state index contributed by atoms with van der Waals surface area (Å²) in [6, 6.07) is 10.5. The topological polar surface area (TPSA) is 17.1 Å². The Labute approximate surface area is 118 Å². The second kappa shape index (κ2) is 6.06. The average Bonchev–Trinajstić information content (AvgIpc) is 2.30. The summed E-state index contributed by atoms with van der Waals surface area (Å²) < 4.78 is 27.1. The van der Waals surface area contributed by atoms with Crippen LogP contribution in [-0.4, -0.2) is 5.78 Å². The lowest BCUT2D eigenvalue weighted by molar-refractivity contribution is -0.117. The van der Waals surface area contributed by atoms with E-state index in [9.17, 15) is 13.6 Å². The minimum atomic E-state index is -0.400. The molecule has 0 bridgehead atoms. The van der Waals surface area contributed by atoms with E-state index in [1.54, 1.807) is 24.3 Å². The van der Waals surface area contributed by atoms with E-state index in [1.165, 1.54) is 18.2 Å². The van der Waals surface area contributed by atoms with Crippen LogP contribution in [0.3, 0.4) is 0 Å². The Bertz CT molecular complexity index is 591. The van der Waals surface area contributed by atoms with Crippen LogP contribution in [0.4, 0.5) is 8.78 Å². The van der Waals surface area contributed by atoms with Crippen molar-refractivity contribution in [3.8, 4) is 0 Å². The van der Waals surface area contributed by atoms with E-state index in [0.717, 1.165) is 0 Å². The van der Waals surface area contributed by atoms with Crippen molar-refractivity contribution in [2.75, 3.05) is 0 Å². The highest BCUT2D eigenvalue weighted by atomic mass is 79.9. The number of hydrogen-bond acceptors (Lipinski definition) is 1. The normalized spacial score (nSPS) is 10.5. The molecule has 2 aromatic carbocycles. The van der Waals surface area contributed by atoms with Gasteiger partial charge in [-0.1, -0.05) is 34.1 Å². The van der Waals surface area contributed by atoms with Crippen LogP contribution >= 0.6 is 15.9 Å². The lowest BCUT2D eigenvalue weighted by Crippen LogP contribution is -2.08. The molecular weight excluding hydrogens is 314 g/mol. The maximum atomic E-state index is 13.4. The van der Waals surface area contributed by atoms with Crippen molar-refractivity contribution < 1.29 is 13.6 Å². The Hall–Kier alpha value is -1.55. The first kappa shape index (κ1) is 13.9. The molecule has 2 aromatic rings. The van der Waals surface area contributed by atoms with Crippen molar-refractivity contribution in [3.05, 3.63) is 69.7 Å². The van der Waals surface area contributed by atoms with Crippen molar-refractivity contribution in [1.29, 1.82) is 0 Å². The molecule has 98 valence electrons. The number of halogens is 3. The predicted octanol–water partition coefficient (Wildman–Crippen LogP) is 4.08. The summed E-state index contributed by atoms with van der Waals surface area (Å²) in [5.74, 6) is -0.943. The second-order valence-corrected chi connectivity index (χ2v) is 5.18. The van der Waals surface area contributed by atoms with Crippen molar-refractivity contribution in [2.24, 2.45) is 0 Å². The van der Waals surface area contributed by atoms with E-state index in [-0.39, 0.29) is 18.6 Å². The first-order valence-corrected chi connectivity index (χ1v) is 6.54. The molecule has 0 atom stereocenters. The smallest absolute Gasteiger partial charge is 0.141 e. The number of carbonyl (C=O) groups excluding carboxylic acids is 1. The van der Waals surface area contributed by atoms with Gasteiger partial charge < -0.3 is 0 Å². The minimum absolute atomic E-state index is 0.0147. The van der Waals surface area contributed by atoms with E-state index in [0.29, 0.717) is 15.6 Å². The molecule has 19 heavy (non-hydrogen) atoms. The van der Waals surface area contributed by atoms with Gasteiger partial charge in [-0.15, -0.1) is 0 Å². The van der Waals surface area contributed by atoms with Crippen LogP contribution in [0.5, 0.6) is 0 Å². The third kappa shape index (κ3) is 3.96. The van der Waals surface area contributed by atoms with Gasteiger partial charge in [0.2, 0.25) is 0 Å². The quantitative estimate of drug-likeness (QED) is 0.828. The Morgan fingerprint density at radius 3 is 2.47 bits per heavy atom. The van der Waals surface area contributed by atoms with Crippen LogP contribution < -0.4 is 0 Å². The van der Waals surface area contributed by atoms with E-state index in [4.69, 9.17) is 0 Å². The molecule has 0 radical (unpaired) electrons. The fourth-order valence-electron chi connectivity index (χ4n) is 1.86. The lowest BCUT2D eigenvalue weighted by Gasteiger charge is -2.04. The molecule has 0 N–H and O–H groups in total. The predicted molar refractivity (Wildman–Crippen MR) is 72.9 cm³/mol. The molecule has 0 spiro atoms. The van der Waals surface area contributed by atoms with Gasteiger partial charge in [0.05, 0.1) is 0 Å². The largest absolute Gasteiger partial charge is 0.299 e. The number of benzene rings is 2. The first-order valence-electron chi connectivity index (χ1n) is 5.74. The van der Waals surface area contributed by atoms with E-state index < -0.39 is 11.6 Å². The monoisotopic (exact) mass is 324 g/mol. The summed E-state index contributed by atoms with van der Waals surface area (Å²) in [6.45, 7) is 0. The number of ketones is 1. The third-order valence-corrected chi connectivity index (χ3v) is 3.13. The summed E-state index contributed by atoms with van der Waals surface area (Å²) in [5, 5.41) is 0. The molecule has 0 aliphatic carbocycles. The molecule has 0 aromatic heterocycles. The van der Waals surface area contributed by atoms with E-state index in [1.807, 2.05) is 0 Å². The summed E-state index contributed by atoms with van der Waals surface area (Å²) in [6.07, 6.45) is 0.103. The Kier molecular flexibility index (Phi) is 4.43. The summed E-state index contributed by atoms with van der Waals surface area (Å²) in [7, 11) is 0. The molecule has 0 amide bonds. The van der Waals surface area contributed by atoms with Gasteiger partial charge in [0.25, 0.3) is 0 Å². The molecule has 0 saturated carbocycles. The zero-order chi connectivity index (χ0) is 13.8. The summed E-state index contributed by atoms with van der Waals surface area (Å²) in [5.41, 5.74) is 0.941. The Morgan fingerprint density at radius 1 is 1.05 bits per heavy atom. The van der Waals surface area contributed by atoms with E-state index in [2.05, 4.69) is 15.9 Å². The van der Waals surface area contributed by atoms with Crippen LogP contribution in [0.2, 0.25) is 0 Å². The van der Waals surface area contributed by atoms with Gasteiger partial charge in [0, 0.05) is 17.3 Å². The molecule has 0 saturated heterocycles. The average molecular weight is 325 g/mol. The number of carbonyl (C=O) groups is 1. The third-order valence-electron chi connectivity index (χ3n) is 2.67. The van der Waals surface area contributed by atoms with Gasteiger partial charge in [-0.05, 0) is 35.4 Å². The van der Waals surface area contributed by atoms with Crippen LogP contribution in [-0.2, 0) is 17.6 Å². The molecule has 0 unspecified atom stereocenters. The van der Waals surface area contributed by atoms with E-state index >= 15 is 0 Å². The Morgan fingerprint density at radius 2 is 1.79 bits per heavy atom. The standard InChI is InChI=1S/C15H11BrF2O/c16-12-5-10(6-13(17)9-12)7-14(19)8-11-3-1-2-4-15(11)18/h1-6,9H,7-8H2. The fraction of sp³-hybridized carbons (Fsp3) is 0.133. The molecule has 0 aliphatic heterocycles. The van der Waals surface area contributed by atoms with Gasteiger partial charge in [-0.2, -0.15) is 0 Å². The molecular formula is C15H11BrF2O. The van der Waals surface area contributed by atoms with Gasteiger partial charge in [0.15, 0.2) is 0 Å². The molecule has 0 heterocycles. The first-order chi connectivity index (χ1) is 9.04. The Balaban J connectivity index is 2.07. The lowest BCUT2D eigenvalue weighted by atomic mass is 10.0. The highest BCUT2D eigenvalue weighted by molar-refractivity contribution is 9.10. The molecule has 0 aliphatic rings. The minimum Gasteiger partial charge on any atom is -0.299 e. The number of hydrogen-bond donors (Lipinski definition) is 0. The molecule has 4 heteroatoms. The number of Topliss-reactive ketones (excluding diaryl/α,β-unsaturated/α-hetero) is 1. The summed E-state index contributed by atoms with van der Waals surface area (Å²) in [4.78, 5) is 11.9. The fourth-order valence-corrected chi connectivity index (χ4v) is 2.37. The van der Waals surface area contributed by atoms with Crippen LogP contribution in [0.1, 0.15) is 11.1 Å². The molecule has 0 fully saturated rings. The second-order valence-electron chi connectivity index (χ2n) is 4.26. The maximum absolute atomic E-state index is 13.4. The van der Waals surface area contributed by atoms with Gasteiger partial charge >= 0.3 is 0 Å². The van der Waals surface area contributed by atoms with Crippen molar-refractivity contribution in [3.63, 3.8) is 0 Å². The van der Waals surface area contributed by atoms with Crippen LogP contribution in [0.15, 0.2) is 46.9 Å². The van der Waals surface area contributed by atoms with Crippen LogP contribution in [0.25, 0.3) is 0 Å². The van der Waals surface area contributed by atoms with Crippen LogP contribution in [0, 0.1) is 11.6 Å². The maximum Gasteiger partial charge on any atom is 0.141 e. The van der Waals surface area contributed by atoms with Crippen molar-refractivity contribution in [2.45, 2.75) is 12.8 Å². The molecule has 2 rings (SSSR count). The summed E-state index contributed by atoms with van der Waals surface area (Å²) >= 11 is 3.17. The number of rotatable bonds is 4. The van der Waals surface area contributed by atoms with Gasteiger partial charge in [0.1, 0.15) is 17.4 Å². The zero-order valence-electron chi connectivity index (χ0n) is 10.00. The zero-order valence-corrected chi connectivity index (χ0v) is 11.6. The SMILES string of the molecule is O=C(Cc1cc(F)cc(Br)c1)Cc1ccccc1F. The highest BCUT2D eigenvalue weighted by Crippen LogP contribution is 2.16.